The highest BCUT2D eigenvalue weighted by Gasteiger charge is 2.25. The summed E-state index contributed by atoms with van der Waals surface area (Å²) in [5.41, 5.74) is -0.102. The summed E-state index contributed by atoms with van der Waals surface area (Å²) >= 11 is 3.23. The highest BCUT2D eigenvalue weighted by atomic mass is 79.9. The van der Waals surface area contributed by atoms with Gasteiger partial charge in [-0.25, -0.2) is 4.79 Å². The van der Waals surface area contributed by atoms with Gasteiger partial charge in [0.2, 0.25) is 5.91 Å². The van der Waals surface area contributed by atoms with Crippen molar-refractivity contribution < 1.29 is 32.5 Å². The minimum Gasteiger partial charge on any atom is -0.479 e. The number of ketones is 1. The molecule has 2 aromatic rings. The van der Waals surface area contributed by atoms with Crippen LogP contribution in [-0.2, 0) is 19.7 Å². The molecule has 1 unspecified atom stereocenters. The number of carboxylic acid groups (broad SMARTS) is 1. The highest BCUT2D eigenvalue weighted by molar-refractivity contribution is 9.10. The first-order chi connectivity index (χ1) is 12.5. The van der Waals surface area contributed by atoms with Crippen LogP contribution in [0.25, 0.3) is 0 Å². The molecule has 1 atom stereocenters. The molecule has 0 aliphatic heterocycles. The molecule has 8 nitrogen and oxygen atoms in total. The van der Waals surface area contributed by atoms with Gasteiger partial charge in [0.1, 0.15) is 0 Å². The van der Waals surface area contributed by atoms with E-state index in [4.69, 9.17) is 0 Å². The average molecular weight is 456 g/mol. The van der Waals surface area contributed by atoms with Crippen molar-refractivity contribution in [2.75, 3.05) is 0 Å². The Morgan fingerprint density at radius 3 is 2.11 bits per heavy atom. The first-order valence-corrected chi connectivity index (χ1v) is 9.65. The van der Waals surface area contributed by atoms with Gasteiger partial charge in [0.25, 0.3) is 10.1 Å². The summed E-state index contributed by atoms with van der Waals surface area (Å²) in [5, 5.41) is 11.5. The molecular formula is C17H14BrNO7S. The lowest BCUT2D eigenvalue weighted by molar-refractivity contribution is -0.141. The molecule has 0 saturated heterocycles. The Kier molecular flexibility index (Phi) is 6.14. The summed E-state index contributed by atoms with van der Waals surface area (Å²) < 4.78 is 33.2. The maximum Gasteiger partial charge on any atom is 0.330 e. The van der Waals surface area contributed by atoms with E-state index in [1.165, 1.54) is 12.1 Å². The smallest absolute Gasteiger partial charge is 0.330 e. The van der Waals surface area contributed by atoms with Gasteiger partial charge in [-0.2, -0.15) is 8.42 Å². The van der Waals surface area contributed by atoms with Crippen molar-refractivity contribution in [3.05, 3.63) is 63.6 Å². The SMILES string of the molecule is CC(=O)NC(C(=O)O)c1cc(C(=O)c2ccc(Br)cc2)cc(S(=O)(=O)O)c1. The van der Waals surface area contributed by atoms with Crippen molar-refractivity contribution in [3.63, 3.8) is 0 Å². The van der Waals surface area contributed by atoms with Gasteiger partial charge in [-0.1, -0.05) is 15.9 Å². The van der Waals surface area contributed by atoms with Crippen molar-refractivity contribution in [2.45, 2.75) is 17.9 Å². The largest absolute Gasteiger partial charge is 0.479 e. The fourth-order valence-corrected chi connectivity index (χ4v) is 3.15. The van der Waals surface area contributed by atoms with Crippen LogP contribution in [0.3, 0.4) is 0 Å². The number of benzene rings is 2. The summed E-state index contributed by atoms with van der Waals surface area (Å²) in [7, 11) is -4.72. The van der Waals surface area contributed by atoms with Crippen LogP contribution in [0.15, 0.2) is 51.8 Å². The van der Waals surface area contributed by atoms with Crippen LogP contribution in [0.2, 0.25) is 0 Å². The van der Waals surface area contributed by atoms with Crippen LogP contribution in [-0.4, -0.2) is 35.7 Å². The average Bonchev–Trinajstić information content (AvgIpc) is 2.58. The predicted molar refractivity (Wildman–Crippen MR) is 98.0 cm³/mol. The third-order valence-corrected chi connectivity index (χ3v) is 4.88. The van der Waals surface area contributed by atoms with Gasteiger partial charge in [-0.15, -0.1) is 0 Å². The summed E-state index contributed by atoms with van der Waals surface area (Å²) in [5.74, 6) is -2.71. The lowest BCUT2D eigenvalue weighted by Gasteiger charge is -2.16. The molecule has 0 fully saturated rings. The van der Waals surface area contributed by atoms with E-state index < -0.39 is 38.7 Å². The van der Waals surface area contributed by atoms with E-state index in [1.54, 1.807) is 12.1 Å². The molecule has 2 aromatic carbocycles. The molecule has 3 N–H and O–H groups in total. The van der Waals surface area contributed by atoms with Crippen molar-refractivity contribution in [1.29, 1.82) is 0 Å². The number of rotatable bonds is 6. The molecule has 0 spiro atoms. The van der Waals surface area contributed by atoms with Crippen LogP contribution in [0.4, 0.5) is 0 Å². The molecule has 142 valence electrons. The van der Waals surface area contributed by atoms with Gasteiger partial charge in [0.05, 0.1) is 4.90 Å². The van der Waals surface area contributed by atoms with Gasteiger partial charge in [0, 0.05) is 22.5 Å². The van der Waals surface area contributed by atoms with Gasteiger partial charge in [-0.3, -0.25) is 14.1 Å². The number of nitrogens with one attached hydrogen (secondary N) is 1. The normalized spacial score (nSPS) is 12.3. The molecule has 1 amide bonds. The number of aliphatic carboxylic acids is 1. The van der Waals surface area contributed by atoms with E-state index in [0.29, 0.717) is 0 Å². The first-order valence-electron chi connectivity index (χ1n) is 7.41. The van der Waals surface area contributed by atoms with Crippen LogP contribution in [0.5, 0.6) is 0 Å². The van der Waals surface area contributed by atoms with E-state index in [-0.39, 0.29) is 16.7 Å². The van der Waals surface area contributed by atoms with Crippen LogP contribution < -0.4 is 5.32 Å². The monoisotopic (exact) mass is 455 g/mol. The van der Waals surface area contributed by atoms with Crippen LogP contribution >= 0.6 is 15.9 Å². The molecule has 0 aliphatic carbocycles. The number of carbonyl (C=O) groups excluding carboxylic acids is 2. The molecule has 10 heteroatoms. The number of carbonyl (C=O) groups is 3. The Morgan fingerprint density at radius 2 is 1.63 bits per heavy atom. The van der Waals surface area contributed by atoms with Crippen molar-refractivity contribution in [1.82, 2.24) is 5.32 Å². The molecule has 27 heavy (non-hydrogen) atoms. The zero-order valence-electron chi connectivity index (χ0n) is 13.8. The van der Waals surface area contributed by atoms with Crippen molar-refractivity contribution in [3.8, 4) is 0 Å². The molecule has 0 saturated carbocycles. The third-order valence-electron chi connectivity index (χ3n) is 3.52. The number of carboxylic acids is 1. The number of hydrogen-bond acceptors (Lipinski definition) is 5. The minimum atomic E-state index is -4.72. The zero-order chi connectivity index (χ0) is 20.4. The maximum absolute atomic E-state index is 12.7. The summed E-state index contributed by atoms with van der Waals surface area (Å²) in [6.07, 6.45) is 0. The fraction of sp³-hybridized carbons (Fsp3) is 0.118. The van der Waals surface area contributed by atoms with Gasteiger partial charge >= 0.3 is 5.97 Å². The van der Waals surface area contributed by atoms with E-state index in [2.05, 4.69) is 21.2 Å². The maximum atomic E-state index is 12.7. The zero-order valence-corrected chi connectivity index (χ0v) is 16.2. The molecule has 0 bridgehead atoms. The lowest BCUT2D eigenvalue weighted by Crippen LogP contribution is -2.32. The number of amides is 1. The molecule has 0 aliphatic rings. The summed E-state index contributed by atoms with van der Waals surface area (Å²) in [6, 6.07) is 7.60. The molecule has 2 rings (SSSR count). The van der Waals surface area contributed by atoms with E-state index >= 15 is 0 Å². The highest BCUT2D eigenvalue weighted by Crippen LogP contribution is 2.23. The van der Waals surface area contributed by atoms with Crippen LogP contribution in [0.1, 0.15) is 34.5 Å². The second-order valence-corrected chi connectivity index (χ2v) is 7.91. The van der Waals surface area contributed by atoms with Gasteiger partial charge < -0.3 is 10.4 Å². The van der Waals surface area contributed by atoms with E-state index in [1.807, 2.05) is 0 Å². The third kappa shape index (κ3) is 5.22. The van der Waals surface area contributed by atoms with Gasteiger partial charge in [0.15, 0.2) is 11.8 Å². The number of halogens is 1. The Labute approximate surface area is 163 Å². The van der Waals surface area contributed by atoms with E-state index in [0.717, 1.165) is 29.6 Å². The van der Waals surface area contributed by atoms with Crippen molar-refractivity contribution in [2.24, 2.45) is 0 Å². The molecule has 0 aromatic heterocycles. The molecular weight excluding hydrogens is 442 g/mol. The minimum absolute atomic E-state index is 0.154. The summed E-state index contributed by atoms with van der Waals surface area (Å²) in [6.45, 7) is 1.09. The lowest BCUT2D eigenvalue weighted by atomic mass is 9.98. The Balaban J connectivity index is 2.63. The summed E-state index contributed by atoms with van der Waals surface area (Å²) in [4.78, 5) is 34.8. The molecule has 0 radical (unpaired) electrons. The molecule has 0 heterocycles. The Bertz CT molecular complexity index is 1020. The second kappa shape index (κ2) is 7.99. The van der Waals surface area contributed by atoms with Gasteiger partial charge in [-0.05, 0) is 48.0 Å². The fourth-order valence-electron chi connectivity index (χ4n) is 2.33. The van der Waals surface area contributed by atoms with E-state index in [9.17, 15) is 32.5 Å². The Hall–Kier alpha value is -2.56. The van der Waals surface area contributed by atoms with Crippen LogP contribution in [0, 0.1) is 0 Å². The first kappa shape index (κ1) is 20.7. The number of hydrogen-bond donors (Lipinski definition) is 3. The standard InChI is InChI=1S/C17H14BrNO7S/c1-9(20)19-15(17(22)23)11-6-12(8-14(7-11)27(24,25)26)16(21)10-2-4-13(18)5-3-10/h2-8,15H,1H3,(H,19,20)(H,22,23)(H,24,25,26). The quantitative estimate of drug-likeness (QED) is 0.448. The Morgan fingerprint density at radius 1 is 1.04 bits per heavy atom. The topological polar surface area (TPSA) is 138 Å². The van der Waals surface area contributed by atoms with Crippen molar-refractivity contribution >= 4 is 43.7 Å². The predicted octanol–water partition coefficient (Wildman–Crippen LogP) is 2.19. The second-order valence-electron chi connectivity index (χ2n) is 5.57.